The molecule has 0 spiro atoms. The van der Waals surface area contributed by atoms with E-state index in [1.54, 1.807) is 4.90 Å². The van der Waals surface area contributed by atoms with Gasteiger partial charge in [0.05, 0.1) is 0 Å². The molecule has 0 aromatic rings. The molecule has 0 saturated heterocycles. The maximum atomic E-state index is 12.2. The third-order valence-electron chi connectivity index (χ3n) is 4.57. The minimum Gasteiger partial charge on any atom is -0.396 e. The number of aliphatic hydroxyl groups is 2. The summed E-state index contributed by atoms with van der Waals surface area (Å²) in [6, 6.07) is 0. The predicted molar refractivity (Wildman–Crippen MR) is 119 cm³/mol. The first-order valence-corrected chi connectivity index (χ1v) is 11.2. The number of hydrogen-bond acceptors (Lipinski definition) is 3. The quantitative estimate of drug-likeness (QED) is 0.235. The molecule has 0 aliphatic carbocycles. The molecule has 0 unspecified atom stereocenters. The number of carbonyl (C=O) groups excluding carboxylic acids is 1. The Kier molecular flexibility index (Phi) is 20.8. The number of aliphatic hydroxyl groups excluding tert-OH is 2. The topological polar surface area (TPSA) is 60.8 Å². The molecule has 0 saturated carbocycles. The molecule has 0 aromatic carbocycles. The van der Waals surface area contributed by atoms with Crippen molar-refractivity contribution in [2.75, 3.05) is 26.3 Å². The number of carbonyl (C=O) groups is 1. The zero-order chi connectivity index (χ0) is 20.7. The molecule has 0 aliphatic rings. The summed E-state index contributed by atoms with van der Waals surface area (Å²) in [7, 11) is 0. The van der Waals surface area contributed by atoms with Crippen LogP contribution >= 0.6 is 0 Å². The van der Waals surface area contributed by atoms with Crippen LogP contribution in [0.4, 0.5) is 0 Å². The van der Waals surface area contributed by atoms with Crippen LogP contribution in [0, 0.1) is 0 Å². The Morgan fingerprint density at radius 1 is 0.714 bits per heavy atom. The van der Waals surface area contributed by atoms with Gasteiger partial charge in [-0.3, -0.25) is 4.79 Å². The van der Waals surface area contributed by atoms with E-state index < -0.39 is 0 Å². The van der Waals surface area contributed by atoms with Crippen molar-refractivity contribution < 1.29 is 15.0 Å². The molecule has 28 heavy (non-hydrogen) atoms. The monoisotopic (exact) mass is 393 g/mol. The fourth-order valence-corrected chi connectivity index (χ4v) is 2.94. The SMILES string of the molecule is CC/C=C\C/C=C\C/C=C\CCCCCCCC(=O)N(CCCO)CCCO. The highest BCUT2D eigenvalue weighted by atomic mass is 16.3. The molecule has 0 atom stereocenters. The van der Waals surface area contributed by atoms with Gasteiger partial charge in [0.1, 0.15) is 0 Å². The van der Waals surface area contributed by atoms with E-state index in [1.165, 1.54) is 19.3 Å². The maximum absolute atomic E-state index is 12.2. The van der Waals surface area contributed by atoms with E-state index in [0.717, 1.165) is 38.5 Å². The third-order valence-corrected chi connectivity index (χ3v) is 4.57. The van der Waals surface area contributed by atoms with Crippen molar-refractivity contribution in [3.05, 3.63) is 36.5 Å². The molecule has 0 rings (SSSR count). The van der Waals surface area contributed by atoms with Crippen molar-refractivity contribution in [1.82, 2.24) is 4.90 Å². The van der Waals surface area contributed by atoms with Crippen LogP contribution in [0.1, 0.15) is 84.0 Å². The van der Waals surface area contributed by atoms with Gasteiger partial charge in [-0.25, -0.2) is 0 Å². The summed E-state index contributed by atoms with van der Waals surface area (Å²) in [5.41, 5.74) is 0. The van der Waals surface area contributed by atoms with Crippen LogP contribution in [0.2, 0.25) is 0 Å². The normalized spacial score (nSPS) is 12.0. The molecule has 0 heterocycles. The standard InChI is InChI=1S/C24H43NO3/c1-2-3-4-5-6-7-8-9-10-11-12-13-14-15-16-19-24(28)25(20-17-22-26)21-18-23-27/h3-4,6-7,9-10,26-27H,2,5,8,11-23H2,1H3/b4-3-,7-6-,10-9-. The van der Waals surface area contributed by atoms with E-state index in [-0.39, 0.29) is 19.1 Å². The lowest BCUT2D eigenvalue weighted by Crippen LogP contribution is -2.33. The Labute approximate surface area is 173 Å². The third kappa shape index (κ3) is 18.0. The van der Waals surface area contributed by atoms with Crippen LogP contribution in [0.5, 0.6) is 0 Å². The Morgan fingerprint density at radius 3 is 1.86 bits per heavy atom. The lowest BCUT2D eigenvalue weighted by atomic mass is 10.1. The Hall–Kier alpha value is -1.39. The highest BCUT2D eigenvalue weighted by Crippen LogP contribution is 2.10. The van der Waals surface area contributed by atoms with Crippen molar-refractivity contribution >= 4 is 5.91 Å². The van der Waals surface area contributed by atoms with Gasteiger partial charge in [0.2, 0.25) is 5.91 Å². The average Bonchev–Trinajstić information content (AvgIpc) is 2.70. The summed E-state index contributed by atoms with van der Waals surface area (Å²) in [5.74, 6) is 0.156. The first kappa shape index (κ1) is 26.6. The van der Waals surface area contributed by atoms with Crippen LogP contribution in [0.25, 0.3) is 0 Å². The van der Waals surface area contributed by atoms with Crippen LogP contribution in [-0.2, 0) is 4.79 Å². The molecule has 0 aromatic heterocycles. The number of amides is 1. The van der Waals surface area contributed by atoms with Gasteiger partial charge in [-0.2, -0.15) is 0 Å². The fraction of sp³-hybridized carbons (Fsp3) is 0.708. The summed E-state index contributed by atoms with van der Waals surface area (Å²) in [4.78, 5) is 14.0. The molecule has 1 amide bonds. The van der Waals surface area contributed by atoms with Gasteiger partial charge in [0.25, 0.3) is 0 Å². The smallest absolute Gasteiger partial charge is 0.222 e. The van der Waals surface area contributed by atoms with Crippen molar-refractivity contribution in [3.63, 3.8) is 0 Å². The molecule has 0 radical (unpaired) electrons. The number of nitrogens with zero attached hydrogens (tertiary/aromatic N) is 1. The van der Waals surface area contributed by atoms with E-state index in [2.05, 4.69) is 43.4 Å². The van der Waals surface area contributed by atoms with Crippen LogP contribution in [0.15, 0.2) is 36.5 Å². The van der Waals surface area contributed by atoms with Crippen molar-refractivity contribution in [2.45, 2.75) is 84.0 Å². The molecule has 2 N–H and O–H groups in total. The lowest BCUT2D eigenvalue weighted by Gasteiger charge is -2.22. The van der Waals surface area contributed by atoms with Crippen LogP contribution in [-0.4, -0.2) is 47.3 Å². The number of allylic oxidation sites excluding steroid dienone is 6. The fourth-order valence-electron chi connectivity index (χ4n) is 2.94. The Morgan fingerprint density at radius 2 is 1.25 bits per heavy atom. The first-order chi connectivity index (χ1) is 13.8. The van der Waals surface area contributed by atoms with Crippen molar-refractivity contribution in [2.24, 2.45) is 0 Å². The minimum absolute atomic E-state index is 0.101. The van der Waals surface area contributed by atoms with E-state index in [4.69, 9.17) is 10.2 Å². The summed E-state index contributed by atoms with van der Waals surface area (Å²) in [6.07, 6.45) is 25.1. The Balaban J connectivity index is 3.62. The van der Waals surface area contributed by atoms with E-state index in [1.807, 2.05) is 0 Å². The number of hydrogen-bond donors (Lipinski definition) is 2. The maximum Gasteiger partial charge on any atom is 0.222 e. The molecule has 4 nitrogen and oxygen atoms in total. The predicted octanol–water partition coefficient (Wildman–Crippen LogP) is 5.17. The second-order valence-electron chi connectivity index (χ2n) is 7.14. The molecule has 0 fully saturated rings. The van der Waals surface area contributed by atoms with Crippen LogP contribution in [0.3, 0.4) is 0 Å². The summed E-state index contributed by atoms with van der Waals surface area (Å²) >= 11 is 0. The Bertz CT molecular complexity index is 422. The zero-order valence-corrected chi connectivity index (χ0v) is 18.0. The summed E-state index contributed by atoms with van der Waals surface area (Å²) in [6.45, 7) is 3.53. The van der Waals surface area contributed by atoms with Crippen LogP contribution < -0.4 is 0 Å². The minimum atomic E-state index is 0.101. The zero-order valence-electron chi connectivity index (χ0n) is 18.0. The molecule has 0 aliphatic heterocycles. The lowest BCUT2D eigenvalue weighted by molar-refractivity contribution is -0.131. The van der Waals surface area contributed by atoms with Crippen molar-refractivity contribution in [1.29, 1.82) is 0 Å². The van der Waals surface area contributed by atoms with Gasteiger partial charge in [-0.05, 0) is 51.4 Å². The van der Waals surface area contributed by atoms with Gasteiger partial charge in [-0.1, -0.05) is 62.6 Å². The van der Waals surface area contributed by atoms with Crippen molar-refractivity contribution in [3.8, 4) is 0 Å². The molecule has 4 heteroatoms. The largest absolute Gasteiger partial charge is 0.396 e. The van der Waals surface area contributed by atoms with E-state index in [0.29, 0.717) is 32.4 Å². The number of rotatable bonds is 19. The van der Waals surface area contributed by atoms with E-state index in [9.17, 15) is 4.79 Å². The highest BCUT2D eigenvalue weighted by molar-refractivity contribution is 5.76. The second kappa shape index (κ2) is 21.9. The highest BCUT2D eigenvalue weighted by Gasteiger charge is 2.11. The van der Waals surface area contributed by atoms with Gasteiger partial charge in [0.15, 0.2) is 0 Å². The molecular formula is C24H43NO3. The average molecular weight is 394 g/mol. The molecular weight excluding hydrogens is 350 g/mol. The summed E-state index contributed by atoms with van der Waals surface area (Å²) < 4.78 is 0. The van der Waals surface area contributed by atoms with Gasteiger partial charge >= 0.3 is 0 Å². The second-order valence-corrected chi connectivity index (χ2v) is 7.14. The number of unbranched alkanes of at least 4 members (excludes halogenated alkanes) is 5. The van der Waals surface area contributed by atoms with E-state index >= 15 is 0 Å². The van der Waals surface area contributed by atoms with Gasteiger partial charge in [0, 0.05) is 32.7 Å². The molecule has 0 bridgehead atoms. The van der Waals surface area contributed by atoms with Gasteiger partial charge < -0.3 is 15.1 Å². The van der Waals surface area contributed by atoms with Gasteiger partial charge in [-0.15, -0.1) is 0 Å². The molecule has 162 valence electrons. The first-order valence-electron chi connectivity index (χ1n) is 11.2. The summed E-state index contributed by atoms with van der Waals surface area (Å²) in [5, 5.41) is 17.9.